The van der Waals surface area contributed by atoms with E-state index in [1.165, 1.54) is 6.07 Å². The fraction of sp³-hybridized carbons (Fsp3) is 0.300. The number of nitrogens with zero attached hydrogens (tertiary/aromatic N) is 2. The fourth-order valence-corrected chi connectivity index (χ4v) is 2.70. The lowest BCUT2D eigenvalue weighted by atomic mass is 10.0. The van der Waals surface area contributed by atoms with Gasteiger partial charge in [0.25, 0.3) is 0 Å². The smallest absolute Gasteiger partial charge is 0.418 e. The van der Waals surface area contributed by atoms with Gasteiger partial charge >= 0.3 is 12.1 Å². The third-order valence-corrected chi connectivity index (χ3v) is 4.08. The van der Waals surface area contributed by atoms with Crippen LogP contribution < -0.4 is 4.72 Å². The molecule has 0 saturated heterocycles. The van der Waals surface area contributed by atoms with Crippen molar-refractivity contribution in [2.75, 3.05) is 0 Å². The molecule has 1 rings (SSSR count). The molecule has 11 heteroatoms. The molecule has 0 aromatic carbocycles. The molecule has 1 heterocycles. The zero-order valence-electron chi connectivity index (χ0n) is 10.3. The van der Waals surface area contributed by atoms with Crippen molar-refractivity contribution in [2.24, 2.45) is 0 Å². The third kappa shape index (κ3) is 3.11. The average Bonchev–Trinajstić information content (AvgIpc) is 2.36. The van der Waals surface area contributed by atoms with Crippen molar-refractivity contribution in [2.45, 2.75) is 23.5 Å². The van der Waals surface area contributed by atoms with E-state index in [-0.39, 0.29) is 6.92 Å². The maximum Gasteiger partial charge on any atom is 0.418 e. The lowest BCUT2D eigenvalue weighted by Crippen LogP contribution is -2.61. The number of rotatable bonds is 4. The molecule has 1 aromatic rings. The number of nitrogens with one attached hydrogen (secondary N) is 1. The van der Waals surface area contributed by atoms with Crippen LogP contribution in [0.25, 0.3) is 0 Å². The number of pyridine rings is 1. The predicted molar refractivity (Wildman–Crippen MR) is 61.4 cm³/mol. The van der Waals surface area contributed by atoms with Crippen LogP contribution in [0.1, 0.15) is 12.6 Å². The first kappa shape index (κ1) is 16.9. The number of aromatic nitrogens is 1. The largest absolute Gasteiger partial charge is 0.480 e. The molecule has 114 valence electrons. The summed E-state index contributed by atoms with van der Waals surface area (Å²) < 4.78 is 63.3. The van der Waals surface area contributed by atoms with Gasteiger partial charge in [0, 0.05) is 6.20 Å². The Hall–Kier alpha value is -2.19. The summed E-state index contributed by atoms with van der Waals surface area (Å²) in [6.07, 6.45) is -4.32. The number of hydrogen-bond acceptors (Lipinski definition) is 5. The highest BCUT2D eigenvalue weighted by atomic mass is 32.2. The number of carboxylic acids is 1. The second-order valence-electron chi connectivity index (χ2n) is 4.00. The van der Waals surface area contributed by atoms with E-state index in [2.05, 4.69) is 4.98 Å². The van der Waals surface area contributed by atoms with E-state index in [1.807, 2.05) is 0 Å². The Morgan fingerprint density at radius 3 is 2.48 bits per heavy atom. The Labute approximate surface area is 117 Å². The molecule has 0 amide bonds. The van der Waals surface area contributed by atoms with Crippen LogP contribution in [-0.4, -0.2) is 36.2 Å². The minimum absolute atomic E-state index is 0.162. The molecule has 2 N–H and O–H groups in total. The minimum Gasteiger partial charge on any atom is -0.480 e. The number of carbonyl (C=O) groups is 1. The second-order valence-corrected chi connectivity index (χ2v) is 5.65. The van der Waals surface area contributed by atoms with Crippen LogP contribution in [-0.2, 0) is 14.8 Å². The van der Waals surface area contributed by atoms with Crippen molar-refractivity contribution in [3.05, 3.63) is 24.0 Å². The van der Waals surface area contributed by atoms with Gasteiger partial charge in [-0.15, -0.1) is 0 Å². The van der Waals surface area contributed by atoms with Crippen molar-refractivity contribution in [1.82, 2.24) is 9.71 Å². The molecular weight excluding hydrogens is 315 g/mol. The summed E-state index contributed by atoms with van der Waals surface area (Å²) in [6.45, 7) is 0.162. The molecule has 0 bridgehead atoms. The van der Waals surface area contributed by atoms with Gasteiger partial charge in [-0.05, 0) is 19.1 Å². The Bertz CT molecular complexity index is 711. The number of hydrogen-bond donors (Lipinski definition) is 2. The summed E-state index contributed by atoms with van der Waals surface area (Å²) in [5, 5.41) is 17.4. The number of sulfonamides is 1. The van der Waals surface area contributed by atoms with E-state index in [0.29, 0.717) is 0 Å². The normalized spacial score (nSPS) is 15.0. The van der Waals surface area contributed by atoms with Gasteiger partial charge < -0.3 is 5.11 Å². The molecule has 7 nitrogen and oxygen atoms in total. The topological polar surface area (TPSA) is 120 Å². The first-order chi connectivity index (χ1) is 9.45. The Balaban J connectivity index is 3.40. The maximum absolute atomic E-state index is 12.8. The van der Waals surface area contributed by atoms with Gasteiger partial charge in [-0.2, -0.15) is 23.2 Å². The second kappa shape index (κ2) is 5.30. The molecule has 0 saturated carbocycles. The molecule has 0 aliphatic carbocycles. The lowest BCUT2D eigenvalue weighted by Gasteiger charge is -2.28. The summed E-state index contributed by atoms with van der Waals surface area (Å²) in [5.74, 6) is -2.43. The van der Waals surface area contributed by atoms with Crippen LogP contribution >= 0.6 is 0 Å². The maximum atomic E-state index is 12.8. The highest BCUT2D eigenvalue weighted by Crippen LogP contribution is 2.32. The monoisotopic (exact) mass is 323 g/mol. The van der Waals surface area contributed by atoms with Crippen molar-refractivity contribution in [3.8, 4) is 6.07 Å². The predicted octanol–water partition coefficient (Wildman–Crippen LogP) is 0.637. The molecule has 0 radical (unpaired) electrons. The van der Waals surface area contributed by atoms with E-state index in [4.69, 9.17) is 10.4 Å². The van der Waals surface area contributed by atoms with Gasteiger partial charge in [-0.1, -0.05) is 0 Å². The lowest BCUT2D eigenvalue weighted by molar-refractivity contribution is -0.201. The summed E-state index contributed by atoms with van der Waals surface area (Å²) in [7, 11) is -4.92. The highest BCUT2D eigenvalue weighted by Gasteiger charge is 2.59. The van der Waals surface area contributed by atoms with E-state index in [0.717, 1.165) is 23.1 Å². The molecule has 21 heavy (non-hydrogen) atoms. The number of aliphatic carboxylic acids is 1. The fourth-order valence-electron chi connectivity index (χ4n) is 1.24. The van der Waals surface area contributed by atoms with Gasteiger partial charge in [-0.3, -0.25) is 0 Å². The van der Waals surface area contributed by atoms with Crippen molar-refractivity contribution in [1.29, 1.82) is 5.26 Å². The summed E-state index contributed by atoms with van der Waals surface area (Å²) in [5.41, 5.74) is -4.39. The minimum atomic E-state index is -5.39. The highest BCUT2D eigenvalue weighted by molar-refractivity contribution is 7.89. The zero-order valence-corrected chi connectivity index (χ0v) is 11.2. The molecule has 0 fully saturated rings. The number of alkyl halides is 3. The molecule has 0 spiro atoms. The number of halogens is 3. The van der Waals surface area contributed by atoms with Crippen LogP contribution in [0.15, 0.2) is 23.2 Å². The van der Waals surface area contributed by atoms with Crippen LogP contribution in [0.5, 0.6) is 0 Å². The van der Waals surface area contributed by atoms with Crippen LogP contribution in [0.4, 0.5) is 13.2 Å². The summed E-state index contributed by atoms with van der Waals surface area (Å²) in [6, 6.07) is 3.32. The zero-order chi connectivity index (χ0) is 16.5. The number of nitriles is 1. The van der Waals surface area contributed by atoms with E-state index < -0.39 is 38.3 Å². The van der Waals surface area contributed by atoms with E-state index in [1.54, 1.807) is 0 Å². The Kier molecular flexibility index (Phi) is 4.26. The van der Waals surface area contributed by atoms with E-state index >= 15 is 0 Å². The quantitative estimate of drug-likeness (QED) is 0.839. The molecule has 1 atom stereocenters. The first-order valence-corrected chi connectivity index (χ1v) is 6.63. The van der Waals surface area contributed by atoms with Crippen LogP contribution in [0, 0.1) is 11.3 Å². The van der Waals surface area contributed by atoms with Gasteiger partial charge in [0.2, 0.25) is 15.6 Å². The third-order valence-electron chi connectivity index (χ3n) is 2.50. The van der Waals surface area contributed by atoms with Gasteiger partial charge in [-0.25, -0.2) is 18.2 Å². The molecule has 0 aliphatic heterocycles. The molecule has 0 aliphatic rings. The molecular formula is C10H8F3N3O4S. The Morgan fingerprint density at radius 1 is 1.48 bits per heavy atom. The average molecular weight is 323 g/mol. The van der Waals surface area contributed by atoms with Gasteiger partial charge in [0.1, 0.15) is 11.0 Å². The van der Waals surface area contributed by atoms with Crippen LogP contribution in [0.2, 0.25) is 0 Å². The van der Waals surface area contributed by atoms with Gasteiger partial charge in [0.15, 0.2) is 5.69 Å². The SMILES string of the molecule is CC(NS(=O)(=O)c1cccnc1C#N)(C(=O)O)C(F)(F)F. The molecule has 1 aromatic heterocycles. The van der Waals surface area contributed by atoms with Crippen molar-refractivity contribution >= 4 is 16.0 Å². The Morgan fingerprint density at radius 2 is 2.05 bits per heavy atom. The standard InChI is InChI=1S/C10H8F3N3O4S/c1-9(8(17)18,10(11,12)13)16-21(19,20)7-3-2-4-15-6(7)5-14/h2-4,16H,1H3,(H,17,18). The van der Waals surface area contributed by atoms with Crippen molar-refractivity contribution in [3.63, 3.8) is 0 Å². The summed E-state index contributed by atoms with van der Waals surface area (Å²) >= 11 is 0. The van der Waals surface area contributed by atoms with Gasteiger partial charge in [0.05, 0.1) is 0 Å². The molecule has 1 unspecified atom stereocenters. The number of carboxylic acid groups (broad SMARTS) is 1. The van der Waals surface area contributed by atoms with Crippen molar-refractivity contribution < 1.29 is 31.5 Å². The summed E-state index contributed by atoms with van der Waals surface area (Å²) in [4.78, 5) is 13.4. The van der Waals surface area contributed by atoms with E-state index in [9.17, 15) is 26.4 Å². The van der Waals surface area contributed by atoms with Crippen LogP contribution in [0.3, 0.4) is 0 Å². The first-order valence-electron chi connectivity index (χ1n) is 5.15.